The van der Waals surface area contributed by atoms with Gasteiger partial charge in [0.15, 0.2) is 0 Å². The van der Waals surface area contributed by atoms with Crippen LogP contribution in [-0.4, -0.2) is 35.1 Å². The van der Waals surface area contributed by atoms with Crippen molar-refractivity contribution in [3.8, 4) is 5.88 Å². The summed E-state index contributed by atoms with van der Waals surface area (Å²) in [5.74, 6) is 0.724. The van der Waals surface area contributed by atoms with Gasteiger partial charge in [0.25, 0.3) is 0 Å². The van der Waals surface area contributed by atoms with Crippen LogP contribution in [0.5, 0.6) is 5.88 Å². The molecular weight excluding hydrogens is 200 g/mol. The topological polar surface area (TPSA) is 25.4 Å². The minimum Gasteiger partial charge on any atom is -0.474 e. The lowest BCUT2D eigenvalue weighted by Gasteiger charge is -2.34. The molecule has 1 radical (unpaired) electrons. The van der Waals surface area contributed by atoms with Crippen LogP contribution < -0.4 is 4.74 Å². The molecule has 0 unspecified atom stereocenters. The van der Waals surface area contributed by atoms with Gasteiger partial charge in [-0.1, -0.05) is 0 Å². The Morgan fingerprint density at radius 3 is 2.75 bits per heavy atom. The van der Waals surface area contributed by atoms with Crippen LogP contribution in [0.4, 0.5) is 0 Å². The number of nitrogens with zero attached hydrogens (tertiary/aromatic N) is 2. The first-order chi connectivity index (χ1) is 7.75. The Hall–Kier alpha value is -1.09. The largest absolute Gasteiger partial charge is 0.474 e. The van der Waals surface area contributed by atoms with E-state index in [2.05, 4.69) is 29.8 Å². The van der Waals surface area contributed by atoms with E-state index >= 15 is 0 Å². The van der Waals surface area contributed by atoms with E-state index < -0.39 is 0 Å². The monoisotopic (exact) mass is 219 g/mol. The first kappa shape index (κ1) is 11.4. The molecule has 16 heavy (non-hydrogen) atoms. The van der Waals surface area contributed by atoms with Crippen molar-refractivity contribution in [2.45, 2.75) is 38.8 Å². The number of rotatable bonds is 3. The van der Waals surface area contributed by atoms with Gasteiger partial charge >= 0.3 is 0 Å². The zero-order valence-corrected chi connectivity index (χ0v) is 10.0. The zero-order chi connectivity index (χ0) is 11.4. The minimum atomic E-state index is 0.324. The van der Waals surface area contributed by atoms with Gasteiger partial charge in [0.1, 0.15) is 6.10 Å². The average Bonchev–Trinajstić information content (AvgIpc) is 2.31. The first-order valence-corrected chi connectivity index (χ1v) is 5.98. The van der Waals surface area contributed by atoms with Crippen molar-refractivity contribution in [2.75, 3.05) is 13.1 Å². The van der Waals surface area contributed by atoms with Gasteiger partial charge in [0.2, 0.25) is 5.88 Å². The van der Waals surface area contributed by atoms with Crippen LogP contribution in [0, 0.1) is 6.07 Å². The molecule has 1 fully saturated rings. The van der Waals surface area contributed by atoms with Crippen LogP contribution in [0.25, 0.3) is 0 Å². The zero-order valence-electron chi connectivity index (χ0n) is 10.0. The summed E-state index contributed by atoms with van der Waals surface area (Å²) >= 11 is 0. The van der Waals surface area contributed by atoms with Crippen molar-refractivity contribution in [3.63, 3.8) is 0 Å². The molecule has 0 N–H and O–H groups in total. The fourth-order valence-corrected chi connectivity index (χ4v) is 2.06. The Kier molecular flexibility index (Phi) is 3.78. The number of ether oxygens (including phenoxy) is 1. The minimum absolute atomic E-state index is 0.324. The predicted molar refractivity (Wildman–Crippen MR) is 63.4 cm³/mol. The highest BCUT2D eigenvalue weighted by molar-refractivity contribution is 5.09. The maximum Gasteiger partial charge on any atom is 0.213 e. The fraction of sp³-hybridized carbons (Fsp3) is 0.615. The van der Waals surface area contributed by atoms with Crippen LogP contribution in [0.1, 0.15) is 26.7 Å². The van der Waals surface area contributed by atoms with Gasteiger partial charge < -0.3 is 9.64 Å². The van der Waals surface area contributed by atoms with Gasteiger partial charge in [-0.25, -0.2) is 4.98 Å². The third-order valence-corrected chi connectivity index (χ3v) is 3.08. The van der Waals surface area contributed by atoms with E-state index in [9.17, 15) is 0 Å². The second-order valence-corrected chi connectivity index (χ2v) is 4.54. The van der Waals surface area contributed by atoms with Gasteiger partial charge in [-0.3, -0.25) is 0 Å². The Morgan fingerprint density at radius 2 is 2.19 bits per heavy atom. The second kappa shape index (κ2) is 5.30. The van der Waals surface area contributed by atoms with Crippen LogP contribution in [0.3, 0.4) is 0 Å². The molecule has 0 atom stereocenters. The van der Waals surface area contributed by atoms with Crippen molar-refractivity contribution >= 4 is 0 Å². The molecule has 87 valence electrons. The number of pyridine rings is 1. The smallest absolute Gasteiger partial charge is 0.213 e. The highest BCUT2D eigenvalue weighted by atomic mass is 16.5. The standard InChI is InChI=1S/C13H19N2O/c1-11(2)15-9-6-12(7-10-15)16-13-5-3-4-8-14-13/h3,5,8,11-12H,6-7,9-10H2,1-2H3. The van der Waals surface area contributed by atoms with Gasteiger partial charge in [-0.05, 0) is 32.8 Å². The second-order valence-electron chi connectivity index (χ2n) is 4.54. The molecule has 0 saturated carbocycles. The highest BCUT2D eigenvalue weighted by Gasteiger charge is 2.21. The average molecular weight is 219 g/mol. The molecule has 1 aromatic heterocycles. The third-order valence-electron chi connectivity index (χ3n) is 3.08. The summed E-state index contributed by atoms with van der Waals surface area (Å²) < 4.78 is 5.83. The van der Waals surface area contributed by atoms with Gasteiger partial charge in [0, 0.05) is 37.5 Å². The van der Waals surface area contributed by atoms with Gasteiger partial charge in [-0.2, -0.15) is 0 Å². The van der Waals surface area contributed by atoms with E-state index in [-0.39, 0.29) is 0 Å². The van der Waals surface area contributed by atoms with E-state index in [1.807, 2.05) is 12.1 Å². The summed E-state index contributed by atoms with van der Waals surface area (Å²) in [4.78, 5) is 6.63. The van der Waals surface area contributed by atoms with Crippen molar-refractivity contribution in [2.24, 2.45) is 0 Å². The lowest BCUT2D eigenvalue weighted by molar-refractivity contribution is 0.0812. The van der Waals surface area contributed by atoms with Gasteiger partial charge in [-0.15, -0.1) is 0 Å². The number of likely N-dealkylation sites (tertiary alicyclic amines) is 1. The van der Waals surface area contributed by atoms with Crippen LogP contribution in [0.2, 0.25) is 0 Å². The van der Waals surface area contributed by atoms with E-state index in [1.165, 1.54) is 0 Å². The van der Waals surface area contributed by atoms with Gasteiger partial charge in [0.05, 0.1) is 0 Å². The van der Waals surface area contributed by atoms with Crippen molar-refractivity contribution in [3.05, 3.63) is 24.4 Å². The summed E-state index contributed by atoms with van der Waals surface area (Å²) in [6, 6.07) is 7.25. The summed E-state index contributed by atoms with van der Waals surface area (Å²) in [5, 5.41) is 0. The fourth-order valence-electron chi connectivity index (χ4n) is 2.06. The normalized spacial score (nSPS) is 18.9. The van der Waals surface area contributed by atoms with Crippen molar-refractivity contribution < 1.29 is 4.74 Å². The summed E-state index contributed by atoms with van der Waals surface area (Å²) in [6.07, 6.45) is 4.17. The molecular formula is C13H19N2O. The molecule has 0 aromatic carbocycles. The van der Waals surface area contributed by atoms with E-state index in [1.54, 1.807) is 6.20 Å². The SMILES string of the molecule is CC(C)N1CCC(Oc2cc[c]cn2)CC1. The third kappa shape index (κ3) is 2.95. The summed E-state index contributed by atoms with van der Waals surface area (Å²) in [5.41, 5.74) is 0. The van der Waals surface area contributed by atoms with Crippen LogP contribution >= 0.6 is 0 Å². The molecule has 1 saturated heterocycles. The van der Waals surface area contributed by atoms with Crippen LogP contribution in [0.15, 0.2) is 18.3 Å². The molecule has 1 aliphatic heterocycles. The molecule has 0 bridgehead atoms. The maximum absolute atomic E-state index is 5.83. The van der Waals surface area contributed by atoms with Crippen molar-refractivity contribution in [1.29, 1.82) is 0 Å². The Labute approximate surface area is 97.4 Å². The number of piperidine rings is 1. The molecule has 0 amide bonds. The van der Waals surface area contributed by atoms with Crippen LogP contribution in [-0.2, 0) is 0 Å². The maximum atomic E-state index is 5.83. The molecule has 2 rings (SSSR count). The summed E-state index contributed by atoms with van der Waals surface area (Å²) in [6.45, 7) is 6.74. The Bertz CT molecular complexity index is 305. The molecule has 0 spiro atoms. The Balaban J connectivity index is 1.82. The van der Waals surface area contributed by atoms with E-state index in [0.717, 1.165) is 31.8 Å². The van der Waals surface area contributed by atoms with Crippen molar-refractivity contribution in [1.82, 2.24) is 9.88 Å². The molecule has 2 heterocycles. The lowest BCUT2D eigenvalue weighted by Crippen LogP contribution is -2.41. The number of aromatic nitrogens is 1. The quantitative estimate of drug-likeness (QED) is 0.778. The first-order valence-electron chi connectivity index (χ1n) is 5.98. The number of hydrogen-bond donors (Lipinski definition) is 0. The highest BCUT2D eigenvalue weighted by Crippen LogP contribution is 2.17. The molecule has 1 aromatic rings. The lowest BCUT2D eigenvalue weighted by atomic mass is 10.1. The van der Waals surface area contributed by atoms with E-state index in [4.69, 9.17) is 4.74 Å². The molecule has 1 aliphatic rings. The molecule has 3 heteroatoms. The van der Waals surface area contributed by atoms with E-state index in [0.29, 0.717) is 12.1 Å². The molecule has 3 nitrogen and oxygen atoms in total. The molecule has 0 aliphatic carbocycles. The Morgan fingerprint density at radius 1 is 1.44 bits per heavy atom. The number of hydrogen-bond acceptors (Lipinski definition) is 3. The summed E-state index contributed by atoms with van der Waals surface area (Å²) in [7, 11) is 0. The predicted octanol–water partition coefficient (Wildman–Crippen LogP) is 2.13.